The molecule has 0 saturated heterocycles. The molecule has 0 radical (unpaired) electrons. The lowest BCUT2D eigenvalue weighted by Gasteiger charge is -2.15. The van der Waals surface area contributed by atoms with Crippen molar-refractivity contribution < 1.29 is 29.3 Å². The van der Waals surface area contributed by atoms with E-state index in [9.17, 15) is 19.5 Å². The SMILES string of the molecule is C[C@@H](C[C@@H](N)Cc1ccc(O)c(NC(=O)CCCNC(=O)OCc2ccccc2)c1)C(=O)O. The fourth-order valence-electron chi connectivity index (χ4n) is 3.18. The molecule has 0 fully saturated rings. The molecule has 0 spiro atoms. The van der Waals surface area contributed by atoms with Crippen LogP contribution in [0.25, 0.3) is 0 Å². The number of hydrogen-bond donors (Lipinski definition) is 5. The first-order valence-electron chi connectivity index (χ1n) is 10.8. The standard InChI is InChI=1S/C24H31N3O6/c1-16(23(30)31)12-19(25)13-18-9-10-21(28)20(14-18)27-22(29)8-5-11-26-24(32)33-15-17-6-3-2-4-7-17/h2-4,6-7,9-10,14,16,19,28H,5,8,11-13,15,25H2,1H3,(H,26,32)(H,27,29)(H,30,31)/t16-,19+/m0/s1. The first-order valence-corrected chi connectivity index (χ1v) is 10.8. The third kappa shape index (κ3) is 9.61. The number of nitrogens with one attached hydrogen (secondary N) is 2. The number of aromatic hydroxyl groups is 1. The number of ether oxygens (including phenoxy) is 1. The van der Waals surface area contributed by atoms with E-state index in [-0.39, 0.29) is 43.0 Å². The van der Waals surface area contributed by atoms with E-state index in [1.807, 2.05) is 30.3 Å². The van der Waals surface area contributed by atoms with Crippen LogP contribution in [0.15, 0.2) is 48.5 Å². The summed E-state index contributed by atoms with van der Waals surface area (Å²) in [6.45, 7) is 2.04. The largest absolute Gasteiger partial charge is 0.506 e. The van der Waals surface area contributed by atoms with Crippen molar-refractivity contribution in [1.29, 1.82) is 0 Å². The van der Waals surface area contributed by atoms with Gasteiger partial charge in [0.25, 0.3) is 0 Å². The molecule has 0 aliphatic heterocycles. The van der Waals surface area contributed by atoms with Gasteiger partial charge in [-0.3, -0.25) is 9.59 Å². The second kappa shape index (κ2) is 13.1. The lowest BCUT2D eigenvalue weighted by atomic mass is 9.96. The molecule has 33 heavy (non-hydrogen) atoms. The second-order valence-corrected chi connectivity index (χ2v) is 7.93. The van der Waals surface area contributed by atoms with E-state index in [0.717, 1.165) is 11.1 Å². The average molecular weight is 458 g/mol. The Morgan fingerprint density at radius 1 is 1.09 bits per heavy atom. The number of carbonyl (C=O) groups excluding carboxylic acids is 2. The van der Waals surface area contributed by atoms with E-state index in [1.54, 1.807) is 19.1 Å². The maximum atomic E-state index is 12.2. The van der Waals surface area contributed by atoms with Crippen molar-refractivity contribution >= 4 is 23.7 Å². The molecule has 178 valence electrons. The van der Waals surface area contributed by atoms with E-state index in [1.165, 1.54) is 6.07 Å². The first-order chi connectivity index (χ1) is 15.7. The molecule has 0 saturated carbocycles. The molecular formula is C24H31N3O6. The predicted octanol–water partition coefficient (Wildman–Crippen LogP) is 3.02. The Labute approximate surface area is 192 Å². The van der Waals surface area contributed by atoms with Crippen LogP contribution < -0.4 is 16.4 Å². The molecule has 0 aliphatic carbocycles. The number of alkyl carbamates (subject to hydrolysis) is 1. The van der Waals surface area contributed by atoms with Gasteiger partial charge in [-0.15, -0.1) is 0 Å². The molecule has 2 rings (SSSR count). The molecule has 0 heterocycles. The number of benzene rings is 2. The number of carboxylic acids is 1. The zero-order valence-electron chi connectivity index (χ0n) is 18.6. The van der Waals surface area contributed by atoms with Crippen LogP contribution in [0.3, 0.4) is 0 Å². The summed E-state index contributed by atoms with van der Waals surface area (Å²) in [5.41, 5.74) is 7.95. The van der Waals surface area contributed by atoms with Crippen LogP contribution in [-0.4, -0.2) is 40.8 Å². The highest BCUT2D eigenvalue weighted by Crippen LogP contribution is 2.25. The molecule has 2 atom stereocenters. The summed E-state index contributed by atoms with van der Waals surface area (Å²) in [4.78, 5) is 34.9. The molecule has 2 aromatic rings. The van der Waals surface area contributed by atoms with Crippen LogP contribution in [0.4, 0.5) is 10.5 Å². The minimum atomic E-state index is -0.900. The summed E-state index contributed by atoms with van der Waals surface area (Å²) in [5.74, 6) is -1.85. The molecule has 0 unspecified atom stereocenters. The van der Waals surface area contributed by atoms with E-state index < -0.39 is 18.0 Å². The van der Waals surface area contributed by atoms with Crippen molar-refractivity contribution in [2.45, 2.75) is 45.3 Å². The lowest BCUT2D eigenvalue weighted by molar-refractivity contribution is -0.141. The van der Waals surface area contributed by atoms with Gasteiger partial charge < -0.3 is 31.3 Å². The summed E-state index contributed by atoms with van der Waals surface area (Å²) in [7, 11) is 0. The van der Waals surface area contributed by atoms with E-state index in [4.69, 9.17) is 15.6 Å². The summed E-state index contributed by atoms with van der Waals surface area (Å²) in [6.07, 6.45) is 0.704. The normalized spacial score (nSPS) is 12.4. The van der Waals surface area contributed by atoms with Crippen molar-refractivity contribution in [3.05, 3.63) is 59.7 Å². The number of rotatable bonds is 12. The average Bonchev–Trinajstić information content (AvgIpc) is 2.78. The van der Waals surface area contributed by atoms with Gasteiger partial charge in [0.15, 0.2) is 0 Å². The highest BCUT2D eigenvalue weighted by atomic mass is 16.5. The molecule has 2 amide bonds. The maximum Gasteiger partial charge on any atom is 0.407 e. The molecule has 9 heteroatoms. The second-order valence-electron chi connectivity index (χ2n) is 7.93. The number of phenols is 1. The van der Waals surface area contributed by atoms with Crippen molar-refractivity contribution in [3.63, 3.8) is 0 Å². The quantitative estimate of drug-likeness (QED) is 0.243. The third-order valence-electron chi connectivity index (χ3n) is 4.97. The smallest absolute Gasteiger partial charge is 0.407 e. The number of nitrogens with two attached hydrogens (primary N) is 1. The summed E-state index contributed by atoms with van der Waals surface area (Å²) >= 11 is 0. The van der Waals surface area contributed by atoms with Crippen LogP contribution in [0.5, 0.6) is 5.75 Å². The van der Waals surface area contributed by atoms with E-state index in [0.29, 0.717) is 19.3 Å². The minimum absolute atomic E-state index is 0.0813. The van der Waals surface area contributed by atoms with E-state index >= 15 is 0 Å². The Morgan fingerprint density at radius 2 is 1.82 bits per heavy atom. The first kappa shape index (κ1) is 25.7. The number of amides is 2. The lowest BCUT2D eigenvalue weighted by Crippen LogP contribution is -2.28. The maximum absolute atomic E-state index is 12.2. The fraction of sp³-hybridized carbons (Fsp3) is 0.375. The topological polar surface area (TPSA) is 151 Å². The number of phenolic OH excluding ortho intramolecular Hbond substituents is 1. The molecule has 0 aliphatic rings. The van der Waals surface area contributed by atoms with Gasteiger partial charge in [0, 0.05) is 19.0 Å². The highest BCUT2D eigenvalue weighted by molar-refractivity contribution is 5.92. The Morgan fingerprint density at radius 3 is 2.52 bits per heavy atom. The van der Waals surface area contributed by atoms with Gasteiger partial charge in [-0.1, -0.05) is 43.3 Å². The van der Waals surface area contributed by atoms with Gasteiger partial charge in [-0.05, 0) is 42.5 Å². The van der Waals surface area contributed by atoms with Gasteiger partial charge in [-0.25, -0.2) is 4.79 Å². The molecule has 9 nitrogen and oxygen atoms in total. The zero-order valence-corrected chi connectivity index (χ0v) is 18.6. The predicted molar refractivity (Wildman–Crippen MR) is 124 cm³/mol. The number of carboxylic acid groups (broad SMARTS) is 1. The van der Waals surface area contributed by atoms with Gasteiger partial charge in [-0.2, -0.15) is 0 Å². The van der Waals surface area contributed by atoms with Crippen molar-refractivity contribution in [3.8, 4) is 5.75 Å². The van der Waals surface area contributed by atoms with Gasteiger partial charge in [0.2, 0.25) is 5.91 Å². The molecule has 2 aromatic carbocycles. The highest BCUT2D eigenvalue weighted by Gasteiger charge is 2.16. The number of carbonyl (C=O) groups is 3. The Hall–Kier alpha value is -3.59. The van der Waals surface area contributed by atoms with Gasteiger partial charge in [0.05, 0.1) is 11.6 Å². The number of aliphatic carboxylic acids is 1. The monoisotopic (exact) mass is 457 g/mol. The van der Waals surface area contributed by atoms with Crippen LogP contribution in [-0.2, 0) is 27.4 Å². The van der Waals surface area contributed by atoms with E-state index in [2.05, 4.69) is 10.6 Å². The van der Waals surface area contributed by atoms with Crippen LogP contribution in [0.1, 0.15) is 37.3 Å². The van der Waals surface area contributed by atoms with Gasteiger partial charge in [0.1, 0.15) is 12.4 Å². The van der Waals surface area contributed by atoms with Crippen molar-refractivity contribution in [2.75, 3.05) is 11.9 Å². The Balaban J connectivity index is 1.72. The Kier molecular flexibility index (Phi) is 10.2. The number of hydrogen-bond acceptors (Lipinski definition) is 6. The van der Waals surface area contributed by atoms with Crippen molar-refractivity contribution in [2.24, 2.45) is 11.7 Å². The van der Waals surface area contributed by atoms with Gasteiger partial charge >= 0.3 is 12.1 Å². The minimum Gasteiger partial charge on any atom is -0.506 e. The third-order valence-corrected chi connectivity index (χ3v) is 4.97. The van der Waals surface area contributed by atoms with Crippen LogP contribution in [0.2, 0.25) is 0 Å². The molecule has 6 N–H and O–H groups in total. The summed E-state index contributed by atoms with van der Waals surface area (Å²) < 4.78 is 5.10. The zero-order chi connectivity index (χ0) is 24.2. The Bertz CT molecular complexity index is 935. The molecular weight excluding hydrogens is 426 g/mol. The van der Waals surface area contributed by atoms with Crippen molar-refractivity contribution in [1.82, 2.24) is 5.32 Å². The van der Waals surface area contributed by atoms with Crippen LogP contribution >= 0.6 is 0 Å². The fourth-order valence-corrected chi connectivity index (χ4v) is 3.18. The summed E-state index contributed by atoms with van der Waals surface area (Å²) in [6, 6.07) is 13.7. The summed E-state index contributed by atoms with van der Waals surface area (Å²) in [5, 5.41) is 24.3. The molecule has 0 bridgehead atoms. The number of anilines is 1. The molecule has 0 aromatic heterocycles. The van der Waals surface area contributed by atoms with Crippen LogP contribution in [0, 0.1) is 5.92 Å².